The molecule has 0 aromatic heterocycles. The summed E-state index contributed by atoms with van der Waals surface area (Å²) >= 11 is 0. The van der Waals surface area contributed by atoms with Crippen molar-refractivity contribution in [2.24, 2.45) is 5.73 Å². The Kier molecular flexibility index (Phi) is 2.97. The molecule has 1 heterocycles. The summed E-state index contributed by atoms with van der Waals surface area (Å²) < 4.78 is 10.2. The van der Waals surface area contributed by atoms with Crippen LogP contribution in [0.5, 0.6) is 11.5 Å². The molecule has 1 aromatic carbocycles. The van der Waals surface area contributed by atoms with E-state index < -0.39 is 12.0 Å². The Morgan fingerprint density at radius 3 is 2.76 bits per heavy atom. The molecule has 2 rings (SSSR count). The fourth-order valence-electron chi connectivity index (χ4n) is 1.47. The number of aliphatic carboxylic acids is 1. The maximum absolute atomic E-state index is 11.7. The van der Waals surface area contributed by atoms with Gasteiger partial charge in [0.1, 0.15) is 6.04 Å². The van der Waals surface area contributed by atoms with Crippen LogP contribution in [0.2, 0.25) is 0 Å². The molecular formula is C11H11NO5. The van der Waals surface area contributed by atoms with Crippen LogP contribution in [0.15, 0.2) is 18.2 Å². The van der Waals surface area contributed by atoms with Crippen molar-refractivity contribution >= 4 is 11.8 Å². The first-order valence-corrected chi connectivity index (χ1v) is 4.99. The van der Waals surface area contributed by atoms with Crippen molar-refractivity contribution in [2.75, 3.05) is 6.79 Å². The highest BCUT2D eigenvalue weighted by molar-refractivity contribution is 5.99. The van der Waals surface area contributed by atoms with Gasteiger partial charge in [-0.05, 0) is 18.2 Å². The van der Waals surface area contributed by atoms with Crippen LogP contribution >= 0.6 is 0 Å². The van der Waals surface area contributed by atoms with Crippen LogP contribution in [-0.2, 0) is 4.79 Å². The summed E-state index contributed by atoms with van der Waals surface area (Å²) in [4.78, 5) is 22.3. The molecular weight excluding hydrogens is 226 g/mol. The average Bonchev–Trinajstić information content (AvgIpc) is 2.75. The number of ether oxygens (including phenoxy) is 2. The maximum Gasteiger partial charge on any atom is 0.320 e. The summed E-state index contributed by atoms with van der Waals surface area (Å²) in [5.74, 6) is -0.471. The van der Waals surface area contributed by atoms with Crippen LogP contribution in [0.4, 0.5) is 0 Å². The number of carboxylic acids is 1. The number of hydrogen-bond acceptors (Lipinski definition) is 5. The molecule has 1 aliphatic rings. The number of carboxylic acid groups (broad SMARTS) is 1. The lowest BCUT2D eigenvalue weighted by Crippen LogP contribution is -2.32. The number of benzene rings is 1. The van der Waals surface area contributed by atoms with E-state index in [1.54, 1.807) is 12.1 Å². The zero-order valence-electron chi connectivity index (χ0n) is 8.88. The van der Waals surface area contributed by atoms with Gasteiger partial charge in [0, 0.05) is 12.0 Å². The van der Waals surface area contributed by atoms with Gasteiger partial charge in [0.05, 0.1) is 0 Å². The minimum absolute atomic E-state index is 0.127. The molecule has 0 saturated carbocycles. The first-order chi connectivity index (χ1) is 8.08. The first-order valence-electron chi connectivity index (χ1n) is 4.99. The molecule has 6 nitrogen and oxygen atoms in total. The van der Waals surface area contributed by atoms with Gasteiger partial charge in [-0.1, -0.05) is 0 Å². The molecule has 0 aliphatic carbocycles. The third kappa shape index (κ3) is 2.36. The van der Waals surface area contributed by atoms with E-state index in [-0.39, 0.29) is 19.0 Å². The largest absolute Gasteiger partial charge is 0.480 e. The predicted molar refractivity (Wildman–Crippen MR) is 57.1 cm³/mol. The van der Waals surface area contributed by atoms with Gasteiger partial charge in [0.15, 0.2) is 17.3 Å². The van der Waals surface area contributed by atoms with E-state index in [0.29, 0.717) is 17.1 Å². The Morgan fingerprint density at radius 1 is 1.35 bits per heavy atom. The Hall–Kier alpha value is -2.08. The molecule has 6 heteroatoms. The lowest BCUT2D eigenvalue weighted by molar-refractivity contribution is -0.138. The van der Waals surface area contributed by atoms with Gasteiger partial charge < -0.3 is 20.3 Å². The molecule has 1 atom stereocenters. The zero-order chi connectivity index (χ0) is 12.4. The van der Waals surface area contributed by atoms with E-state index >= 15 is 0 Å². The first kappa shape index (κ1) is 11.4. The molecule has 0 bridgehead atoms. The minimum atomic E-state index is -1.20. The Labute approximate surface area is 96.9 Å². The highest BCUT2D eigenvalue weighted by Crippen LogP contribution is 2.32. The van der Waals surface area contributed by atoms with Gasteiger partial charge in [-0.15, -0.1) is 0 Å². The van der Waals surface area contributed by atoms with Crippen LogP contribution in [0.1, 0.15) is 16.8 Å². The van der Waals surface area contributed by atoms with Crippen LogP contribution in [0.3, 0.4) is 0 Å². The molecule has 1 unspecified atom stereocenters. The standard InChI is InChI=1S/C11H11NO5/c12-7(11(14)15)4-8(13)6-1-2-9-10(3-6)17-5-16-9/h1-3,7H,4-5,12H2,(H,14,15). The summed E-state index contributed by atoms with van der Waals surface area (Å²) in [7, 11) is 0. The summed E-state index contributed by atoms with van der Waals surface area (Å²) in [6.07, 6.45) is -0.241. The second kappa shape index (κ2) is 4.42. The van der Waals surface area contributed by atoms with Crippen molar-refractivity contribution < 1.29 is 24.2 Å². The van der Waals surface area contributed by atoms with E-state index in [2.05, 4.69) is 0 Å². The number of Topliss-reactive ketones (excluding diaryl/α,β-unsaturated/α-hetero) is 1. The molecule has 0 amide bonds. The Bertz CT molecular complexity index is 471. The summed E-state index contributed by atoms with van der Waals surface area (Å²) in [6.45, 7) is 0.127. The van der Waals surface area contributed by atoms with E-state index in [4.69, 9.17) is 20.3 Å². The van der Waals surface area contributed by atoms with Crippen molar-refractivity contribution in [3.8, 4) is 11.5 Å². The fourth-order valence-corrected chi connectivity index (χ4v) is 1.47. The number of nitrogens with two attached hydrogens (primary N) is 1. The zero-order valence-corrected chi connectivity index (χ0v) is 8.88. The molecule has 90 valence electrons. The number of hydrogen-bond donors (Lipinski definition) is 2. The Morgan fingerprint density at radius 2 is 2.06 bits per heavy atom. The molecule has 1 aromatic rings. The molecule has 1 aliphatic heterocycles. The predicted octanol–water partition coefficient (Wildman–Crippen LogP) is 0.400. The summed E-state index contributed by atoms with van der Waals surface area (Å²) in [5, 5.41) is 8.61. The third-order valence-electron chi connectivity index (χ3n) is 2.42. The molecule has 0 fully saturated rings. The van der Waals surface area contributed by atoms with Crippen molar-refractivity contribution in [3.05, 3.63) is 23.8 Å². The lowest BCUT2D eigenvalue weighted by Gasteiger charge is -2.06. The van der Waals surface area contributed by atoms with Crippen molar-refractivity contribution in [1.82, 2.24) is 0 Å². The van der Waals surface area contributed by atoms with Crippen molar-refractivity contribution in [2.45, 2.75) is 12.5 Å². The van der Waals surface area contributed by atoms with Crippen LogP contribution in [0.25, 0.3) is 0 Å². The normalized spacial score (nSPS) is 14.4. The number of carbonyl (C=O) groups is 2. The van der Waals surface area contributed by atoms with Gasteiger partial charge in [-0.25, -0.2) is 0 Å². The number of carbonyl (C=O) groups excluding carboxylic acids is 1. The molecule has 0 saturated heterocycles. The van der Waals surface area contributed by atoms with Gasteiger partial charge in [0.25, 0.3) is 0 Å². The minimum Gasteiger partial charge on any atom is -0.480 e. The summed E-state index contributed by atoms with van der Waals surface area (Å²) in [6, 6.07) is 3.51. The highest BCUT2D eigenvalue weighted by atomic mass is 16.7. The second-order valence-electron chi connectivity index (χ2n) is 3.64. The Balaban J connectivity index is 2.12. The SMILES string of the molecule is NC(CC(=O)c1ccc2c(c1)OCO2)C(=O)O. The molecule has 0 radical (unpaired) electrons. The highest BCUT2D eigenvalue weighted by Gasteiger charge is 2.20. The molecule has 17 heavy (non-hydrogen) atoms. The van der Waals surface area contributed by atoms with E-state index in [1.165, 1.54) is 6.07 Å². The average molecular weight is 237 g/mol. The monoisotopic (exact) mass is 237 g/mol. The smallest absolute Gasteiger partial charge is 0.320 e. The van der Waals surface area contributed by atoms with Gasteiger partial charge in [-0.2, -0.15) is 0 Å². The number of rotatable bonds is 4. The van der Waals surface area contributed by atoms with Crippen LogP contribution in [0, 0.1) is 0 Å². The van der Waals surface area contributed by atoms with E-state index in [9.17, 15) is 9.59 Å². The van der Waals surface area contributed by atoms with Gasteiger partial charge >= 0.3 is 5.97 Å². The number of fused-ring (bicyclic) bond motifs is 1. The van der Waals surface area contributed by atoms with Gasteiger partial charge in [0.2, 0.25) is 6.79 Å². The number of ketones is 1. The van der Waals surface area contributed by atoms with E-state index in [1.807, 2.05) is 0 Å². The third-order valence-corrected chi connectivity index (χ3v) is 2.42. The molecule has 0 spiro atoms. The van der Waals surface area contributed by atoms with E-state index in [0.717, 1.165) is 0 Å². The quantitative estimate of drug-likeness (QED) is 0.735. The van der Waals surface area contributed by atoms with Crippen LogP contribution in [-0.4, -0.2) is 29.7 Å². The molecule has 3 N–H and O–H groups in total. The van der Waals surface area contributed by atoms with Gasteiger partial charge in [-0.3, -0.25) is 9.59 Å². The fraction of sp³-hybridized carbons (Fsp3) is 0.273. The van der Waals surface area contributed by atoms with Crippen molar-refractivity contribution in [3.63, 3.8) is 0 Å². The second-order valence-corrected chi connectivity index (χ2v) is 3.64. The topological polar surface area (TPSA) is 98.9 Å². The lowest BCUT2D eigenvalue weighted by atomic mass is 10.0. The van der Waals surface area contributed by atoms with Crippen LogP contribution < -0.4 is 15.2 Å². The summed E-state index contributed by atoms with van der Waals surface area (Å²) in [5.41, 5.74) is 5.66. The maximum atomic E-state index is 11.7. The van der Waals surface area contributed by atoms with Crippen molar-refractivity contribution in [1.29, 1.82) is 0 Å².